The van der Waals surface area contributed by atoms with Crippen LogP contribution in [0.5, 0.6) is 0 Å². The van der Waals surface area contributed by atoms with Crippen molar-refractivity contribution < 1.29 is 9.90 Å². The smallest absolute Gasteiger partial charge is 0.170 e. The van der Waals surface area contributed by atoms with E-state index in [4.69, 9.17) is 5.11 Å². The first-order valence-corrected chi connectivity index (χ1v) is 2.89. The molecular formula is C6H8N2O2. The highest BCUT2D eigenvalue weighted by Gasteiger charge is 2.05. The van der Waals surface area contributed by atoms with Crippen molar-refractivity contribution in [3.63, 3.8) is 0 Å². The minimum Gasteiger partial charge on any atom is -0.390 e. The van der Waals surface area contributed by atoms with Gasteiger partial charge < -0.3 is 5.11 Å². The Labute approximate surface area is 57.9 Å². The number of aliphatic hydroxyl groups is 1. The summed E-state index contributed by atoms with van der Waals surface area (Å²) in [4.78, 5) is 10.2. The van der Waals surface area contributed by atoms with E-state index in [0.29, 0.717) is 17.7 Å². The number of nitrogens with zero attached hydrogens (tertiary/aromatic N) is 1. The number of hydrogen-bond donors (Lipinski definition) is 2. The first kappa shape index (κ1) is 6.95. The predicted molar refractivity (Wildman–Crippen MR) is 34.6 cm³/mol. The van der Waals surface area contributed by atoms with E-state index in [9.17, 15) is 4.79 Å². The zero-order valence-corrected chi connectivity index (χ0v) is 5.59. The molecule has 0 aliphatic rings. The molecule has 0 saturated carbocycles. The maximum atomic E-state index is 10.2. The first-order valence-electron chi connectivity index (χ1n) is 2.89. The molecule has 0 fully saturated rings. The van der Waals surface area contributed by atoms with Gasteiger partial charge in [-0.1, -0.05) is 0 Å². The van der Waals surface area contributed by atoms with Crippen molar-refractivity contribution in [1.29, 1.82) is 0 Å². The van der Waals surface area contributed by atoms with Gasteiger partial charge in [-0.3, -0.25) is 9.89 Å². The number of H-pyrrole nitrogens is 1. The summed E-state index contributed by atoms with van der Waals surface area (Å²) in [6, 6.07) is 0. The molecule has 10 heavy (non-hydrogen) atoms. The van der Waals surface area contributed by atoms with Gasteiger partial charge in [0.2, 0.25) is 0 Å². The fraction of sp³-hybridized carbons (Fsp3) is 0.333. The lowest BCUT2D eigenvalue weighted by Crippen LogP contribution is -1.86. The molecule has 4 heteroatoms. The molecule has 1 heterocycles. The Bertz CT molecular complexity index is 242. The fourth-order valence-corrected chi connectivity index (χ4v) is 0.719. The van der Waals surface area contributed by atoms with Crippen molar-refractivity contribution in [2.75, 3.05) is 0 Å². The van der Waals surface area contributed by atoms with Gasteiger partial charge in [0.25, 0.3) is 0 Å². The Morgan fingerprint density at radius 1 is 1.80 bits per heavy atom. The number of carbonyl (C=O) groups is 1. The normalized spacial score (nSPS) is 9.80. The van der Waals surface area contributed by atoms with Crippen LogP contribution in [0.25, 0.3) is 0 Å². The van der Waals surface area contributed by atoms with E-state index >= 15 is 0 Å². The third kappa shape index (κ3) is 0.930. The molecule has 4 nitrogen and oxygen atoms in total. The molecule has 0 aromatic carbocycles. The summed E-state index contributed by atoms with van der Waals surface area (Å²) in [6.45, 7) is 1.63. The number of hydrogen-bond acceptors (Lipinski definition) is 3. The number of nitrogens with one attached hydrogen (secondary N) is 1. The summed E-state index contributed by atoms with van der Waals surface area (Å²) in [6.07, 6.45) is 0.658. The third-order valence-corrected chi connectivity index (χ3v) is 1.42. The lowest BCUT2D eigenvalue weighted by molar-refractivity contribution is 0.111. The van der Waals surface area contributed by atoms with Crippen LogP contribution in [0.3, 0.4) is 0 Å². The fourth-order valence-electron chi connectivity index (χ4n) is 0.719. The second-order valence-electron chi connectivity index (χ2n) is 1.99. The van der Waals surface area contributed by atoms with Crippen LogP contribution in [0.4, 0.5) is 0 Å². The number of rotatable bonds is 2. The monoisotopic (exact) mass is 140 g/mol. The van der Waals surface area contributed by atoms with Crippen LogP contribution in [-0.4, -0.2) is 21.6 Å². The lowest BCUT2D eigenvalue weighted by atomic mass is 10.2. The van der Waals surface area contributed by atoms with Gasteiger partial charge in [-0.25, -0.2) is 0 Å². The van der Waals surface area contributed by atoms with Crippen LogP contribution in [-0.2, 0) is 6.61 Å². The Kier molecular flexibility index (Phi) is 1.82. The van der Waals surface area contributed by atoms with Gasteiger partial charge in [0.05, 0.1) is 12.3 Å². The number of carbonyl (C=O) groups excluding carboxylic acids is 1. The largest absolute Gasteiger partial charge is 0.390 e. The molecule has 0 radical (unpaired) electrons. The maximum absolute atomic E-state index is 10.2. The lowest BCUT2D eigenvalue weighted by Gasteiger charge is -1.88. The van der Waals surface area contributed by atoms with Gasteiger partial charge in [0.1, 0.15) is 5.69 Å². The second kappa shape index (κ2) is 2.62. The summed E-state index contributed by atoms with van der Waals surface area (Å²) < 4.78 is 0. The topological polar surface area (TPSA) is 66.0 Å². The molecule has 54 valence electrons. The molecule has 1 aromatic heterocycles. The average Bonchev–Trinajstić information content (AvgIpc) is 2.30. The number of aliphatic hydroxyl groups excluding tert-OH is 1. The molecule has 0 atom stereocenters. The van der Waals surface area contributed by atoms with Crippen LogP contribution < -0.4 is 0 Å². The van der Waals surface area contributed by atoms with Crippen molar-refractivity contribution in [3.8, 4) is 0 Å². The van der Waals surface area contributed by atoms with E-state index in [1.165, 1.54) is 0 Å². The van der Waals surface area contributed by atoms with Crippen molar-refractivity contribution in [2.24, 2.45) is 0 Å². The second-order valence-corrected chi connectivity index (χ2v) is 1.99. The van der Waals surface area contributed by atoms with Gasteiger partial charge in [-0.15, -0.1) is 0 Å². The Morgan fingerprint density at radius 2 is 2.50 bits per heavy atom. The Morgan fingerprint density at radius 3 is 2.80 bits per heavy atom. The van der Waals surface area contributed by atoms with E-state index in [1.807, 2.05) is 0 Å². The summed E-state index contributed by atoms with van der Waals surface area (Å²) in [5, 5.41) is 14.8. The zero-order chi connectivity index (χ0) is 7.56. The molecule has 0 aliphatic heterocycles. The molecule has 0 amide bonds. The Balaban J connectivity index is 3.08. The highest BCUT2D eigenvalue weighted by Crippen LogP contribution is 2.06. The minimum absolute atomic E-state index is 0.104. The summed E-state index contributed by atoms with van der Waals surface area (Å²) in [7, 11) is 0. The highest BCUT2D eigenvalue weighted by molar-refractivity contribution is 5.74. The molecule has 0 unspecified atom stereocenters. The summed E-state index contributed by atoms with van der Waals surface area (Å²) in [5.74, 6) is 0. The van der Waals surface area contributed by atoms with E-state index < -0.39 is 0 Å². The van der Waals surface area contributed by atoms with E-state index in [2.05, 4.69) is 10.2 Å². The highest BCUT2D eigenvalue weighted by atomic mass is 16.3. The van der Waals surface area contributed by atoms with Crippen molar-refractivity contribution in [3.05, 3.63) is 17.0 Å². The average molecular weight is 140 g/mol. The van der Waals surface area contributed by atoms with E-state index in [0.717, 1.165) is 5.56 Å². The Hall–Kier alpha value is -1.16. The molecule has 0 bridgehead atoms. The molecule has 1 aromatic rings. The summed E-state index contributed by atoms with van der Waals surface area (Å²) >= 11 is 0. The molecule has 1 rings (SSSR count). The van der Waals surface area contributed by atoms with Gasteiger partial charge in [0.15, 0.2) is 6.29 Å². The van der Waals surface area contributed by atoms with Gasteiger partial charge in [-0.05, 0) is 6.92 Å². The van der Waals surface area contributed by atoms with Gasteiger partial charge in [-0.2, -0.15) is 5.10 Å². The van der Waals surface area contributed by atoms with Crippen molar-refractivity contribution >= 4 is 6.29 Å². The molecular weight excluding hydrogens is 132 g/mol. The van der Waals surface area contributed by atoms with Crippen LogP contribution in [0.1, 0.15) is 21.7 Å². The molecule has 0 spiro atoms. The standard InChI is InChI=1S/C6H8N2O2/c1-4-5(2-9)7-8-6(4)3-10/h2,10H,3H2,1H3,(H,7,8). The van der Waals surface area contributed by atoms with Gasteiger partial charge in [0, 0.05) is 5.56 Å². The van der Waals surface area contributed by atoms with Crippen LogP contribution in [0, 0.1) is 6.92 Å². The quantitative estimate of drug-likeness (QED) is 0.569. The van der Waals surface area contributed by atoms with E-state index in [-0.39, 0.29) is 6.61 Å². The maximum Gasteiger partial charge on any atom is 0.170 e. The first-order chi connectivity index (χ1) is 4.79. The van der Waals surface area contributed by atoms with Gasteiger partial charge >= 0.3 is 0 Å². The molecule has 0 aliphatic carbocycles. The molecule has 0 saturated heterocycles. The molecule has 2 N–H and O–H groups in total. The number of aromatic amines is 1. The predicted octanol–water partition coefficient (Wildman–Crippen LogP) is 0.0229. The van der Waals surface area contributed by atoms with E-state index in [1.54, 1.807) is 6.92 Å². The SMILES string of the molecule is Cc1c(C=O)n[nH]c1CO. The van der Waals surface area contributed by atoms with Crippen LogP contribution >= 0.6 is 0 Å². The number of aromatic nitrogens is 2. The minimum atomic E-state index is -0.104. The van der Waals surface area contributed by atoms with Crippen molar-refractivity contribution in [1.82, 2.24) is 10.2 Å². The van der Waals surface area contributed by atoms with Crippen LogP contribution in [0.15, 0.2) is 0 Å². The third-order valence-electron chi connectivity index (χ3n) is 1.42. The zero-order valence-electron chi connectivity index (χ0n) is 5.59. The summed E-state index contributed by atoms with van der Waals surface area (Å²) in [5.41, 5.74) is 1.68. The van der Waals surface area contributed by atoms with Crippen LogP contribution in [0.2, 0.25) is 0 Å². The van der Waals surface area contributed by atoms with Crippen molar-refractivity contribution in [2.45, 2.75) is 13.5 Å². The number of aldehydes is 1.